The van der Waals surface area contributed by atoms with E-state index in [-0.39, 0.29) is 12.1 Å². The highest BCUT2D eigenvalue weighted by molar-refractivity contribution is 7.99. The molecule has 1 fully saturated rings. The summed E-state index contributed by atoms with van der Waals surface area (Å²) in [6, 6.07) is -0.0494. The largest absolute Gasteiger partial charge is 0.235 e. The lowest BCUT2D eigenvalue weighted by atomic mass is 10.1. The normalized spacial score (nSPS) is 28.3. The smallest absolute Gasteiger partial charge is 0.211 e. The molecule has 0 spiro atoms. The summed E-state index contributed by atoms with van der Waals surface area (Å²) in [6.07, 6.45) is 3.71. The Hall–Kier alpha value is -0.890. The molecule has 0 radical (unpaired) electrons. The predicted octanol–water partition coefficient (Wildman–Crippen LogP) is 0.532. The molecule has 1 aliphatic rings. The lowest BCUT2D eigenvalue weighted by Crippen LogP contribution is -2.25. The molecule has 0 aliphatic carbocycles. The predicted molar refractivity (Wildman–Crippen MR) is 45.8 cm³/mol. The molecule has 0 saturated carbocycles. The lowest BCUT2D eigenvalue weighted by molar-refractivity contribution is 0.533. The SMILES string of the molecule is O=C=NC1CSCC(N=C=O)C1. The van der Waals surface area contributed by atoms with E-state index < -0.39 is 0 Å². The van der Waals surface area contributed by atoms with Gasteiger partial charge >= 0.3 is 0 Å². The fourth-order valence-electron chi connectivity index (χ4n) is 1.12. The minimum absolute atomic E-state index is 0.0247. The first-order valence-electron chi connectivity index (χ1n) is 3.58. The van der Waals surface area contributed by atoms with Gasteiger partial charge in [-0.1, -0.05) is 0 Å². The standard InChI is InChI=1S/C7H8N2O2S/c10-4-8-6-1-7(9-5-11)3-12-2-6/h6-7H,1-3H2. The van der Waals surface area contributed by atoms with Crippen molar-refractivity contribution in [3.05, 3.63) is 0 Å². The van der Waals surface area contributed by atoms with E-state index in [0.29, 0.717) is 6.42 Å². The average Bonchev–Trinajstić information content (AvgIpc) is 2.06. The maximum atomic E-state index is 9.93. The van der Waals surface area contributed by atoms with Gasteiger partial charge in [-0.05, 0) is 6.42 Å². The maximum absolute atomic E-state index is 9.93. The van der Waals surface area contributed by atoms with Crippen molar-refractivity contribution in [2.24, 2.45) is 9.98 Å². The van der Waals surface area contributed by atoms with Gasteiger partial charge in [0.25, 0.3) is 0 Å². The van der Waals surface area contributed by atoms with Crippen molar-refractivity contribution in [1.82, 2.24) is 0 Å². The van der Waals surface area contributed by atoms with E-state index in [1.807, 2.05) is 0 Å². The van der Waals surface area contributed by atoms with Crippen LogP contribution in [0, 0.1) is 0 Å². The number of rotatable bonds is 2. The summed E-state index contributed by atoms with van der Waals surface area (Å²) in [5.74, 6) is 1.64. The summed E-state index contributed by atoms with van der Waals surface area (Å²) < 4.78 is 0. The van der Waals surface area contributed by atoms with Crippen molar-refractivity contribution >= 4 is 23.9 Å². The van der Waals surface area contributed by atoms with E-state index in [1.54, 1.807) is 11.8 Å². The zero-order valence-electron chi connectivity index (χ0n) is 6.40. The minimum atomic E-state index is -0.0247. The summed E-state index contributed by atoms with van der Waals surface area (Å²) in [6.45, 7) is 0. The molecular weight excluding hydrogens is 176 g/mol. The highest BCUT2D eigenvalue weighted by Crippen LogP contribution is 2.21. The Labute approximate surface area is 74.2 Å². The van der Waals surface area contributed by atoms with Gasteiger partial charge in [0.1, 0.15) is 0 Å². The van der Waals surface area contributed by atoms with Crippen LogP contribution in [-0.4, -0.2) is 35.7 Å². The minimum Gasteiger partial charge on any atom is -0.211 e. The van der Waals surface area contributed by atoms with Gasteiger partial charge in [0.2, 0.25) is 12.2 Å². The third-order valence-corrected chi connectivity index (χ3v) is 2.88. The molecule has 1 aliphatic heterocycles. The highest BCUT2D eigenvalue weighted by atomic mass is 32.2. The average molecular weight is 184 g/mol. The number of isocyanates is 2. The van der Waals surface area contributed by atoms with E-state index in [4.69, 9.17) is 0 Å². The van der Waals surface area contributed by atoms with Gasteiger partial charge in [0, 0.05) is 11.5 Å². The van der Waals surface area contributed by atoms with Gasteiger partial charge in [-0.15, -0.1) is 0 Å². The number of thioether (sulfide) groups is 1. The quantitative estimate of drug-likeness (QED) is 0.464. The Morgan fingerprint density at radius 1 is 1.08 bits per heavy atom. The second-order valence-electron chi connectivity index (χ2n) is 2.52. The zero-order valence-corrected chi connectivity index (χ0v) is 7.21. The maximum Gasteiger partial charge on any atom is 0.235 e. The molecule has 12 heavy (non-hydrogen) atoms. The van der Waals surface area contributed by atoms with Crippen molar-refractivity contribution in [3.63, 3.8) is 0 Å². The first kappa shape index (κ1) is 9.20. The summed E-state index contributed by atoms with van der Waals surface area (Å²) in [4.78, 5) is 27.1. The first-order chi connectivity index (χ1) is 5.86. The Bertz CT molecular complexity index is 220. The molecule has 0 aromatic heterocycles. The summed E-state index contributed by atoms with van der Waals surface area (Å²) in [5.41, 5.74) is 0. The summed E-state index contributed by atoms with van der Waals surface area (Å²) >= 11 is 1.65. The molecule has 0 N–H and O–H groups in total. The molecule has 1 rings (SSSR count). The van der Waals surface area contributed by atoms with Crippen molar-refractivity contribution in [1.29, 1.82) is 0 Å². The van der Waals surface area contributed by atoms with Crippen molar-refractivity contribution < 1.29 is 9.59 Å². The van der Waals surface area contributed by atoms with Gasteiger partial charge in [0.05, 0.1) is 12.1 Å². The van der Waals surface area contributed by atoms with Crippen LogP contribution < -0.4 is 0 Å². The Morgan fingerprint density at radius 2 is 1.58 bits per heavy atom. The molecular formula is C7H8N2O2S. The van der Waals surface area contributed by atoms with E-state index >= 15 is 0 Å². The Balaban J connectivity index is 2.50. The topological polar surface area (TPSA) is 58.9 Å². The van der Waals surface area contributed by atoms with Crippen LogP contribution in [0.25, 0.3) is 0 Å². The van der Waals surface area contributed by atoms with Crippen LogP contribution in [0.1, 0.15) is 6.42 Å². The zero-order chi connectivity index (χ0) is 8.81. The van der Waals surface area contributed by atoms with Crippen LogP contribution >= 0.6 is 11.8 Å². The second kappa shape index (κ2) is 4.88. The molecule has 0 bridgehead atoms. The van der Waals surface area contributed by atoms with Gasteiger partial charge in [-0.2, -0.15) is 11.8 Å². The molecule has 2 unspecified atom stereocenters. The lowest BCUT2D eigenvalue weighted by Gasteiger charge is -2.20. The van der Waals surface area contributed by atoms with Crippen LogP contribution in [-0.2, 0) is 9.59 Å². The van der Waals surface area contributed by atoms with Crippen LogP contribution in [0.5, 0.6) is 0 Å². The summed E-state index contributed by atoms with van der Waals surface area (Å²) in [5, 5.41) is 0. The number of nitrogens with zero attached hydrogens (tertiary/aromatic N) is 2. The molecule has 0 aromatic carbocycles. The van der Waals surface area contributed by atoms with E-state index in [9.17, 15) is 9.59 Å². The van der Waals surface area contributed by atoms with Crippen molar-refractivity contribution in [3.8, 4) is 0 Å². The van der Waals surface area contributed by atoms with Crippen molar-refractivity contribution in [2.45, 2.75) is 18.5 Å². The van der Waals surface area contributed by atoms with Gasteiger partial charge in [-0.3, -0.25) is 0 Å². The molecule has 0 amide bonds. The van der Waals surface area contributed by atoms with Crippen LogP contribution in [0.2, 0.25) is 0 Å². The number of aliphatic imine (C=N–C) groups is 2. The Kier molecular flexibility index (Phi) is 3.74. The number of carbonyl (C=O) groups excluding carboxylic acids is 2. The number of hydrogen-bond acceptors (Lipinski definition) is 5. The molecule has 5 heteroatoms. The highest BCUT2D eigenvalue weighted by Gasteiger charge is 2.21. The monoisotopic (exact) mass is 184 g/mol. The fraction of sp³-hybridized carbons (Fsp3) is 0.714. The second-order valence-corrected chi connectivity index (χ2v) is 3.60. The van der Waals surface area contributed by atoms with E-state index in [1.165, 1.54) is 12.2 Å². The first-order valence-corrected chi connectivity index (χ1v) is 4.74. The third kappa shape index (κ3) is 2.62. The van der Waals surface area contributed by atoms with Gasteiger partial charge < -0.3 is 0 Å². The van der Waals surface area contributed by atoms with E-state index in [0.717, 1.165) is 11.5 Å². The van der Waals surface area contributed by atoms with Crippen molar-refractivity contribution in [2.75, 3.05) is 11.5 Å². The van der Waals surface area contributed by atoms with Gasteiger partial charge in [-0.25, -0.2) is 19.6 Å². The van der Waals surface area contributed by atoms with Gasteiger partial charge in [0.15, 0.2) is 0 Å². The molecule has 4 nitrogen and oxygen atoms in total. The molecule has 1 saturated heterocycles. The Morgan fingerprint density at radius 3 is 2.00 bits per heavy atom. The number of hydrogen-bond donors (Lipinski definition) is 0. The van der Waals surface area contributed by atoms with Crippen LogP contribution in [0.3, 0.4) is 0 Å². The molecule has 64 valence electrons. The third-order valence-electron chi connectivity index (χ3n) is 1.64. The molecule has 0 aromatic rings. The van der Waals surface area contributed by atoms with E-state index in [2.05, 4.69) is 9.98 Å². The summed E-state index contributed by atoms with van der Waals surface area (Å²) in [7, 11) is 0. The van der Waals surface area contributed by atoms with Crippen LogP contribution in [0.4, 0.5) is 0 Å². The fourth-order valence-corrected chi connectivity index (χ4v) is 2.22. The molecule has 2 atom stereocenters. The molecule has 1 heterocycles. The van der Waals surface area contributed by atoms with Crippen LogP contribution in [0.15, 0.2) is 9.98 Å².